The van der Waals surface area contributed by atoms with E-state index in [2.05, 4.69) is 0 Å². The fraction of sp³-hybridized carbons (Fsp3) is 1.00. The van der Waals surface area contributed by atoms with Crippen molar-refractivity contribution in [2.24, 2.45) is 0 Å². The molecule has 0 aliphatic carbocycles. The van der Waals surface area contributed by atoms with Gasteiger partial charge in [0.15, 0.2) is 5.44 Å². The van der Waals surface area contributed by atoms with E-state index in [-0.39, 0.29) is 0 Å². The summed E-state index contributed by atoms with van der Waals surface area (Å²) in [5.41, 5.74) is -1.33. The number of nitrogens with one attached hydrogen (secondary N) is 1. The van der Waals surface area contributed by atoms with Crippen LogP contribution in [0.5, 0.6) is 0 Å². The fourth-order valence-electron chi connectivity index (χ4n) is 0.171. The standard InChI is InChI=1S/C3H9NO3S/c1-3(5)8(6,7)4-2/h3-5H,1-2H3. The van der Waals surface area contributed by atoms with Crippen LogP contribution < -0.4 is 4.72 Å². The van der Waals surface area contributed by atoms with E-state index in [4.69, 9.17) is 5.11 Å². The molecule has 50 valence electrons. The Bertz CT molecular complexity index is 148. The van der Waals surface area contributed by atoms with Gasteiger partial charge in [0.2, 0.25) is 10.0 Å². The molecule has 0 aromatic heterocycles. The van der Waals surface area contributed by atoms with Crippen LogP contribution in [0.25, 0.3) is 0 Å². The topological polar surface area (TPSA) is 66.4 Å². The van der Waals surface area contributed by atoms with Gasteiger partial charge in [-0.1, -0.05) is 0 Å². The van der Waals surface area contributed by atoms with Gasteiger partial charge >= 0.3 is 0 Å². The van der Waals surface area contributed by atoms with E-state index in [1.54, 1.807) is 0 Å². The van der Waals surface area contributed by atoms with Crippen molar-refractivity contribution in [1.29, 1.82) is 0 Å². The molecule has 5 heteroatoms. The summed E-state index contributed by atoms with van der Waals surface area (Å²) in [5.74, 6) is 0. The van der Waals surface area contributed by atoms with Crippen LogP contribution in [0.4, 0.5) is 0 Å². The first kappa shape index (κ1) is 7.87. The van der Waals surface area contributed by atoms with Crippen molar-refractivity contribution < 1.29 is 13.5 Å². The molecule has 0 amide bonds. The number of hydrogen-bond donors (Lipinski definition) is 2. The minimum absolute atomic E-state index is 1.19. The summed E-state index contributed by atoms with van der Waals surface area (Å²) < 4.78 is 22.6. The largest absolute Gasteiger partial charge is 0.376 e. The van der Waals surface area contributed by atoms with Gasteiger partial charge in [-0.25, -0.2) is 13.1 Å². The van der Waals surface area contributed by atoms with E-state index in [1.165, 1.54) is 14.0 Å². The molecule has 1 atom stereocenters. The molecule has 0 aromatic rings. The van der Waals surface area contributed by atoms with E-state index < -0.39 is 15.5 Å². The zero-order valence-corrected chi connectivity index (χ0v) is 5.57. The lowest BCUT2D eigenvalue weighted by atomic mass is 10.9. The molecule has 0 fully saturated rings. The van der Waals surface area contributed by atoms with Gasteiger partial charge in [0.25, 0.3) is 0 Å². The first-order chi connectivity index (χ1) is 3.50. The molecule has 0 aliphatic rings. The Hall–Kier alpha value is -0.130. The summed E-state index contributed by atoms with van der Waals surface area (Å²) in [4.78, 5) is 0. The van der Waals surface area contributed by atoms with Gasteiger partial charge in [0.05, 0.1) is 0 Å². The highest BCUT2D eigenvalue weighted by molar-refractivity contribution is 7.89. The maximum absolute atomic E-state index is 10.3. The van der Waals surface area contributed by atoms with Gasteiger partial charge in [-0.2, -0.15) is 0 Å². The Labute approximate surface area is 48.6 Å². The van der Waals surface area contributed by atoms with Crippen molar-refractivity contribution in [2.75, 3.05) is 7.05 Å². The molecule has 8 heavy (non-hydrogen) atoms. The predicted octanol–water partition coefficient (Wildman–Crippen LogP) is -1.13. The summed E-state index contributed by atoms with van der Waals surface area (Å²) >= 11 is 0. The second-order valence-electron chi connectivity index (χ2n) is 1.35. The van der Waals surface area contributed by atoms with Gasteiger partial charge in [-0.3, -0.25) is 0 Å². The summed E-state index contributed by atoms with van der Waals surface area (Å²) in [7, 11) is -2.18. The van der Waals surface area contributed by atoms with Crippen LogP contribution in [0.3, 0.4) is 0 Å². The fourth-order valence-corrected chi connectivity index (χ4v) is 0.512. The van der Waals surface area contributed by atoms with Crippen molar-refractivity contribution in [3.8, 4) is 0 Å². The molecule has 1 unspecified atom stereocenters. The third-order valence-electron chi connectivity index (χ3n) is 0.734. The van der Waals surface area contributed by atoms with Crippen LogP contribution in [0, 0.1) is 0 Å². The second kappa shape index (κ2) is 2.43. The molecular weight excluding hydrogens is 130 g/mol. The SMILES string of the molecule is CNS(=O)(=O)C(C)O. The molecule has 4 nitrogen and oxygen atoms in total. The summed E-state index contributed by atoms with van der Waals surface area (Å²) in [6.45, 7) is 1.19. The minimum Gasteiger partial charge on any atom is -0.376 e. The monoisotopic (exact) mass is 139 g/mol. The average molecular weight is 139 g/mol. The maximum Gasteiger partial charge on any atom is 0.237 e. The van der Waals surface area contributed by atoms with Crippen molar-refractivity contribution in [2.45, 2.75) is 12.4 Å². The first-order valence-electron chi connectivity index (χ1n) is 2.11. The number of aliphatic hydroxyl groups excluding tert-OH is 1. The molecule has 0 bridgehead atoms. The number of rotatable bonds is 2. The lowest BCUT2D eigenvalue weighted by Gasteiger charge is -2.02. The van der Waals surface area contributed by atoms with Gasteiger partial charge in [-0.15, -0.1) is 0 Å². The Balaban J connectivity index is 4.17. The quantitative estimate of drug-likeness (QED) is 0.509. The smallest absolute Gasteiger partial charge is 0.237 e. The van der Waals surface area contributed by atoms with Crippen LogP contribution in [0.15, 0.2) is 0 Å². The molecule has 0 saturated heterocycles. The molecule has 0 heterocycles. The third-order valence-corrected chi connectivity index (χ3v) is 2.20. The van der Waals surface area contributed by atoms with Crippen molar-refractivity contribution >= 4 is 10.0 Å². The van der Waals surface area contributed by atoms with Gasteiger partial charge in [-0.05, 0) is 14.0 Å². The lowest BCUT2D eigenvalue weighted by Crippen LogP contribution is -2.28. The molecular formula is C3H9NO3S. The van der Waals surface area contributed by atoms with Crippen LogP contribution in [-0.4, -0.2) is 26.0 Å². The van der Waals surface area contributed by atoms with Gasteiger partial charge < -0.3 is 5.11 Å². The minimum atomic E-state index is -3.43. The normalized spacial score (nSPS) is 15.9. The molecule has 0 aliphatic heterocycles. The van der Waals surface area contributed by atoms with Gasteiger partial charge in [0, 0.05) is 0 Å². The number of sulfonamides is 1. The summed E-state index contributed by atoms with van der Waals surface area (Å²) in [6.07, 6.45) is 0. The van der Waals surface area contributed by atoms with Crippen molar-refractivity contribution in [3.63, 3.8) is 0 Å². The highest BCUT2D eigenvalue weighted by atomic mass is 32.2. The predicted molar refractivity (Wildman–Crippen MR) is 29.7 cm³/mol. The molecule has 0 saturated carbocycles. The summed E-state index contributed by atoms with van der Waals surface area (Å²) in [6, 6.07) is 0. The Morgan fingerprint density at radius 1 is 1.62 bits per heavy atom. The van der Waals surface area contributed by atoms with Crippen molar-refractivity contribution in [3.05, 3.63) is 0 Å². The van der Waals surface area contributed by atoms with E-state index in [0.29, 0.717) is 0 Å². The van der Waals surface area contributed by atoms with Crippen LogP contribution in [0.2, 0.25) is 0 Å². The highest BCUT2D eigenvalue weighted by Crippen LogP contribution is 1.88. The van der Waals surface area contributed by atoms with E-state index in [0.717, 1.165) is 0 Å². The first-order valence-corrected chi connectivity index (χ1v) is 3.66. The third kappa shape index (κ3) is 1.77. The number of hydrogen-bond acceptors (Lipinski definition) is 3. The Kier molecular flexibility index (Phi) is 2.39. The van der Waals surface area contributed by atoms with E-state index in [9.17, 15) is 8.42 Å². The van der Waals surface area contributed by atoms with Crippen LogP contribution in [-0.2, 0) is 10.0 Å². The van der Waals surface area contributed by atoms with Crippen molar-refractivity contribution in [1.82, 2.24) is 4.72 Å². The molecule has 2 N–H and O–H groups in total. The Morgan fingerprint density at radius 3 is 2.00 bits per heavy atom. The summed E-state index contributed by atoms with van der Waals surface area (Å²) in [5, 5.41) is 8.43. The Morgan fingerprint density at radius 2 is 2.00 bits per heavy atom. The van der Waals surface area contributed by atoms with Crippen LogP contribution >= 0.6 is 0 Å². The molecule has 0 spiro atoms. The average Bonchev–Trinajstić information content (AvgIpc) is 1.67. The number of aliphatic hydroxyl groups is 1. The second-order valence-corrected chi connectivity index (χ2v) is 3.53. The lowest BCUT2D eigenvalue weighted by molar-refractivity contribution is 0.267. The zero-order chi connectivity index (χ0) is 6.78. The molecule has 0 radical (unpaired) electrons. The zero-order valence-electron chi connectivity index (χ0n) is 4.75. The van der Waals surface area contributed by atoms with Gasteiger partial charge in [0.1, 0.15) is 0 Å². The van der Waals surface area contributed by atoms with Crippen LogP contribution in [0.1, 0.15) is 6.92 Å². The molecule has 0 rings (SSSR count). The highest BCUT2D eigenvalue weighted by Gasteiger charge is 2.12. The molecule has 0 aromatic carbocycles. The maximum atomic E-state index is 10.3. The van der Waals surface area contributed by atoms with E-state index >= 15 is 0 Å². The van der Waals surface area contributed by atoms with E-state index in [1.807, 2.05) is 4.72 Å².